The van der Waals surface area contributed by atoms with E-state index in [0.29, 0.717) is 42.3 Å². The van der Waals surface area contributed by atoms with E-state index in [-0.39, 0.29) is 17.3 Å². The van der Waals surface area contributed by atoms with Crippen molar-refractivity contribution in [3.05, 3.63) is 0 Å². The Morgan fingerprint density at radius 2 is 1.71 bits per heavy atom. The van der Waals surface area contributed by atoms with Gasteiger partial charge in [0.15, 0.2) is 0 Å². The van der Waals surface area contributed by atoms with Crippen molar-refractivity contribution in [2.75, 3.05) is 13.7 Å². The van der Waals surface area contributed by atoms with Gasteiger partial charge in [-0.15, -0.1) is 0 Å². The van der Waals surface area contributed by atoms with E-state index < -0.39 is 0 Å². The van der Waals surface area contributed by atoms with E-state index >= 15 is 0 Å². The molecule has 4 saturated carbocycles. The summed E-state index contributed by atoms with van der Waals surface area (Å²) in [4.78, 5) is 12.3. The Balaban J connectivity index is 1.59. The molecule has 0 N–H and O–H groups in total. The van der Waals surface area contributed by atoms with Crippen molar-refractivity contribution in [3.63, 3.8) is 0 Å². The number of fused-ring (bicyclic) bond motifs is 12. The van der Waals surface area contributed by atoms with Gasteiger partial charge in [0.05, 0.1) is 18.6 Å². The molecule has 9 unspecified atom stereocenters. The molecule has 5 aliphatic rings. The first-order chi connectivity index (χ1) is 11.4. The van der Waals surface area contributed by atoms with Gasteiger partial charge in [0, 0.05) is 18.4 Å². The van der Waals surface area contributed by atoms with Crippen LogP contribution in [0, 0.1) is 64.6 Å². The Bertz CT molecular complexity index is 559. The highest BCUT2D eigenvalue weighted by molar-refractivity contribution is 5.76. The summed E-state index contributed by atoms with van der Waals surface area (Å²) in [6.07, 6.45) is 3.03. The van der Waals surface area contributed by atoms with Gasteiger partial charge in [0.2, 0.25) is 0 Å². The van der Waals surface area contributed by atoms with Crippen LogP contribution in [-0.4, -0.2) is 25.8 Å². The predicted octanol–water partition coefficient (Wildman–Crippen LogP) is 3.62. The lowest BCUT2D eigenvalue weighted by Crippen LogP contribution is -2.56. The van der Waals surface area contributed by atoms with Crippen molar-refractivity contribution in [3.8, 4) is 0 Å². The summed E-state index contributed by atoms with van der Waals surface area (Å²) in [5, 5.41) is 0. The highest BCUT2D eigenvalue weighted by Crippen LogP contribution is 2.77. The fraction of sp³-hybridized carbons (Fsp3) is 0.952. The minimum absolute atomic E-state index is 0.122. The molecular formula is C21H32O3. The van der Waals surface area contributed by atoms with Gasteiger partial charge in [-0.05, 0) is 60.2 Å². The number of hydrogen-bond acceptors (Lipinski definition) is 3. The molecule has 1 aliphatic heterocycles. The minimum atomic E-state index is 0.122. The molecule has 4 bridgehead atoms. The van der Waals surface area contributed by atoms with Gasteiger partial charge in [-0.1, -0.05) is 27.7 Å². The van der Waals surface area contributed by atoms with E-state index in [1.54, 1.807) is 0 Å². The molecule has 0 radical (unpaired) electrons. The molecule has 134 valence electrons. The molecule has 1 saturated heterocycles. The molecule has 5 fully saturated rings. The molecule has 3 nitrogen and oxygen atoms in total. The average Bonchev–Trinajstić information content (AvgIpc) is 3.28. The van der Waals surface area contributed by atoms with Crippen LogP contribution in [0.25, 0.3) is 0 Å². The fourth-order valence-electron chi connectivity index (χ4n) is 9.26. The molecule has 5 rings (SSSR count). The summed E-state index contributed by atoms with van der Waals surface area (Å²) >= 11 is 0. The number of carbonyl (C=O) groups excluding carboxylic acids is 1. The fourth-order valence-corrected chi connectivity index (χ4v) is 9.26. The Kier molecular flexibility index (Phi) is 3.12. The molecule has 0 amide bonds. The zero-order valence-corrected chi connectivity index (χ0v) is 15.7. The van der Waals surface area contributed by atoms with E-state index in [2.05, 4.69) is 27.7 Å². The SMILES string of the molecule is COC1C2CC(C3C4CC(C5COC(=O)C54)C23)C1(C(C)C)C(C)C. The second-order valence-electron chi connectivity index (χ2n) is 10.0. The third kappa shape index (κ3) is 1.45. The Morgan fingerprint density at radius 3 is 2.33 bits per heavy atom. The second-order valence-corrected chi connectivity index (χ2v) is 10.0. The molecule has 0 aromatic rings. The zero-order chi connectivity index (χ0) is 17.0. The lowest BCUT2D eigenvalue weighted by atomic mass is 9.50. The predicted molar refractivity (Wildman–Crippen MR) is 91.0 cm³/mol. The summed E-state index contributed by atoms with van der Waals surface area (Å²) in [5.74, 6) is 6.45. The van der Waals surface area contributed by atoms with Crippen LogP contribution in [0.5, 0.6) is 0 Å². The number of esters is 1. The van der Waals surface area contributed by atoms with E-state index in [9.17, 15) is 4.79 Å². The zero-order valence-electron chi connectivity index (χ0n) is 15.7. The minimum Gasteiger partial charge on any atom is -0.465 e. The lowest BCUT2D eigenvalue weighted by Gasteiger charge is -2.56. The maximum Gasteiger partial charge on any atom is 0.309 e. The molecule has 3 heteroatoms. The van der Waals surface area contributed by atoms with Crippen LogP contribution in [0.15, 0.2) is 0 Å². The molecule has 0 aromatic heterocycles. The standard InChI is InChI=1S/C21H32O3/c1-9(2)21(10(3)4)15-7-13(19(21)23-5)16-11-6-12(18(15)16)17-14(11)8-24-20(17)22/h9-19H,6-8H2,1-5H3. The van der Waals surface area contributed by atoms with Gasteiger partial charge in [-0.3, -0.25) is 4.79 Å². The third-order valence-corrected chi connectivity index (χ3v) is 9.40. The van der Waals surface area contributed by atoms with Crippen molar-refractivity contribution >= 4 is 5.97 Å². The molecule has 9 atom stereocenters. The number of carbonyl (C=O) groups is 1. The van der Waals surface area contributed by atoms with Crippen LogP contribution in [0.2, 0.25) is 0 Å². The largest absolute Gasteiger partial charge is 0.465 e. The normalized spacial score (nSPS) is 53.1. The van der Waals surface area contributed by atoms with Crippen molar-refractivity contribution in [2.45, 2.75) is 46.6 Å². The first-order valence-corrected chi connectivity index (χ1v) is 10.1. The number of methoxy groups -OCH3 is 1. The van der Waals surface area contributed by atoms with Gasteiger partial charge in [0.1, 0.15) is 0 Å². The molecule has 24 heavy (non-hydrogen) atoms. The first-order valence-electron chi connectivity index (χ1n) is 10.1. The van der Waals surface area contributed by atoms with Crippen LogP contribution in [0.1, 0.15) is 40.5 Å². The van der Waals surface area contributed by atoms with Crippen LogP contribution in [0.3, 0.4) is 0 Å². The van der Waals surface area contributed by atoms with Crippen LogP contribution >= 0.6 is 0 Å². The molecule has 1 heterocycles. The average molecular weight is 332 g/mol. The monoisotopic (exact) mass is 332 g/mol. The summed E-state index contributed by atoms with van der Waals surface area (Å²) in [6.45, 7) is 10.3. The molecule has 0 aromatic carbocycles. The second kappa shape index (κ2) is 4.78. The van der Waals surface area contributed by atoms with Crippen molar-refractivity contribution in [2.24, 2.45) is 64.6 Å². The Morgan fingerprint density at radius 1 is 1.00 bits per heavy atom. The van der Waals surface area contributed by atoms with Gasteiger partial charge >= 0.3 is 5.97 Å². The lowest BCUT2D eigenvalue weighted by molar-refractivity contribution is -0.157. The van der Waals surface area contributed by atoms with E-state index in [4.69, 9.17) is 9.47 Å². The van der Waals surface area contributed by atoms with Crippen molar-refractivity contribution in [1.29, 1.82) is 0 Å². The van der Waals surface area contributed by atoms with E-state index in [1.807, 2.05) is 7.11 Å². The highest BCUT2D eigenvalue weighted by Gasteiger charge is 2.76. The summed E-state index contributed by atoms with van der Waals surface area (Å²) in [5.41, 5.74) is 0.281. The van der Waals surface area contributed by atoms with E-state index in [0.717, 1.165) is 23.7 Å². The van der Waals surface area contributed by atoms with Gasteiger partial charge in [-0.25, -0.2) is 0 Å². The maximum absolute atomic E-state index is 12.3. The Labute approximate surface area is 145 Å². The highest BCUT2D eigenvalue weighted by atomic mass is 16.5. The number of cyclic esters (lactones) is 1. The molecule has 4 aliphatic carbocycles. The van der Waals surface area contributed by atoms with Crippen LogP contribution in [0.4, 0.5) is 0 Å². The number of hydrogen-bond donors (Lipinski definition) is 0. The first kappa shape index (κ1) is 15.7. The van der Waals surface area contributed by atoms with Gasteiger partial charge in [-0.2, -0.15) is 0 Å². The van der Waals surface area contributed by atoms with Crippen LogP contribution < -0.4 is 0 Å². The number of ether oxygens (including phenoxy) is 2. The summed E-state index contributed by atoms with van der Waals surface area (Å²) in [7, 11) is 1.94. The smallest absolute Gasteiger partial charge is 0.309 e. The van der Waals surface area contributed by atoms with Crippen molar-refractivity contribution < 1.29 is 14.3 Å². The van der Waals surface area contributed by atoms with E-state index in [1.165, 1.54) is 12.8 Å². The third-order valence-electron chi connectivity index (χ3n) is 9.40. The molecular weight excluding hydrogens is 300 g/mol. The molecule has 0 spiro atoms. The quantitative estimate of drug-likeness (QED) is 0.585. The van der Waals surface area contributed by atoms with Gasteiger partial charge < -0.3 is 9.47 Å². The summed E-state index contributed by atoms with van der Waals surface area (Å²) < 4.78 is 11.7. The summed E-state index contributed by atoms with van der Waals surface area (Å²) in [6, 6.07) is 0. The number of rotatable bonds is 3. The van der Waals surface area contributed by atoms with Gasteiger partial charge in [0.25, 0.3) is 0 Å². The Hall–Kier alpha value is -0.570. The maximum atomic E-state index is 12.3. The topological polar surface area (TPSA) is 35.5 Å². The van der Waals surface area contributed by atoms with Crippen LogP contribution in [-0.2, 0) is 14.3 Å². The van der Waals surface area contributed by atoms with Crippen molar-refractivity contribution in [1.82, 2.24) is 0 Å².